The Morgan fingerprint density at radius 2 is 2.13 bits per heavy atom. The molecule has 0 radical (unpaired) electrons. The van der Waals surface area contributed by atoms with E-state index in [9.17, 15) is 0 Å². The topological polar surface area (TPSA) is 16.1 Å². The van der Waals surface area contributed by atoms with E-state index in [0.717, 1.165) is 6.54 Å². The van der Waals surface area contributed by atoms with Crippen LogP contribution in [-0.2, 0) is 6.54 Å². The van der Waals surface area contributed by atoms with Crippen molar-refractivity contribution in [1.29, 1.82) is 0 Å². The smallest absolute Gasteiger partial charge is 0.0438 e. The van der Waals surface area contributed by atoms with Crippen molar-refractivity contribution in [3.63, 3.8) is 0 Å². The third-order valence-electron chi connectivity index (χ3n) is 2.16. The average Bonchev–Trinajstić information content (AvgIpc) is 2.32. The van der Waals surface area contributed by atoms with Gasteiger partial charge in [-0.25, -0.2) is 0 Å². The zero-order valence-corrected chi connectivity index (χ0v) is 10.5. The van der Waals surface area contributed by atoms with Crippen LogP contribution in [0.3, 0.4) is 0 Å². The first-order valence-electron chi connectivity index (χ1n) is 5.47. The molecular formula is C13H22N2. The Morgan fingerprint density at radius 3 is 2.60 bits per heavy atom. The zero-order chi connectivity index (χ0) is 11.7. The molecule has 0 bridgehead atoms. The highest BCUT2D eigenvalue weighted by Gasteiger charge is 1.98. The van der Waals surface area contributed by atoms with Gasteiger partial charge in [0.15, 0.2) is 0 Å². The molecule has 1 aromatic rings. The van der Waals surface area contributed by atoms with Crippen molar-refractivity contribution in [3.05, 3.63) is 41.9 Å². The average molecular weight is 206 g/mol. The normalized spacial score (nSPS) is 10.3. The molecule has 0 fully saturated rings. The summed E-state index contributed by atoms with van der Waals surface area (Å²) in [7, 11) is 2.09. The van der Waals surface area contributed by atoms with Crippen molar-refractivity contribution in [3.8, 4) is 0 Å². The first kappa shape index (κ1) is 13.7. The van der Waals surface area contributed by atoms with Crippen molar-refractivity contribution >= 4 is 0 Å². The lowest BCUT2D eigenvalue weighted by atomic mass is 10.2. The van der Waals surface area contributed by atoms with Gasteiger partial charge in [-0.05, 0) is 25.5 Å². The molecule has 0 aliphatic heterocycles. The van der Waals surface area contributed by atoms with Crippen molar-refractivity contribution in [1.82, 2.24) is 9.88 Å². The number of hydrogen-bond donors (Lipinski definition) is 0. The second-order valence-electron chi connectivity index (χ2n) is 3.15. The molecule has 0 saturated heterocycles. The largest absolute Gasteiger partial charge is 0.374 e. The molecule has 1 heterocycles. The summed E-state index contributed by atoms with van der Waals surface area (Å²) in [5.74, 6) is 0. The van der Waals surface area contributed by atoms with E-state index in [4.69, 9.17) is 0 Å². The SMILES string of the molecule is C/C=C(\C)N(C)Cc1cccnc1.CC. The molecule has 1 rings (SSSR count). The number of hydrogen-bond acceptors (Lipinski definition) is 2. The molecule has 15 heavy (non-hydrogen) atoms. The molecule has 84 valence electrons. The summed E-state index contributed by atoms with van der Waals surface area (Å²) in [5, 5.41) is 0. The molecule has 0 aliphatic carbocycles. The third kappa shape index (κ3) is 5.21. The Bertz CT molecular complexity index is 278. The Labute approximate surface area is 93.6 Å². The maximum absolute atomic E-state index is 4.08. The molecule has 0 N–H and O–H groups in total. The quantitative estimate of drug-likeness (QED) is 0.753. The van der Waals surface area contributed by atoms with Crippen LogP contribution in [0.1, 0.15) is 33.3 Å². The van der Waals surface area contributed by atoms with Gasteiger partial charge in [-0.2, -0.15) is 0 Å². The van der Waals surface area contributed by atoms with Crippen LogP contribution in [-0.4, -0.2) is 16.9 Å². The fraction of sp³-hybridized carbons (Fsp3) is 0.462. The van der Waals surface area contributed by atoms with Crippen molar-refractivity contribution in [2.75, 3.05) is 7.05 Å². The van der Waals surface area contributed by atoms with Crippen LogP contribution >= 0.6 is 0 Å². The van der Waals surface area contributed by atoms with Gasteiger partial charge >= 0.3 is 0 Å². The molecule has 0 spiro atoms. The van der Waals surface area contributed by atoms with Crippen LogP contribution in [0.5, 0.6) is 0 Å². The van der Waals surface area contributed by atoms with E-state index in [1.54, 1.807) is 6.20 Å². The molecule has 0 atom stereocenters. The van der Waals surface area contributed by atoms with Crippen LogP contribution in [0.2, 0.25) is 0 Å². The lowest BCUT2D eigenvalue weighted by molar-refractivity contribution is 0.411. The van der Waals surface area contributed by atoms with Crippen LogP contribution in [0.4, 0.5) is 0 Å². The van der Waals surface area contributed by atoms with Gasteiger partial charge in [-0.1, -0.05) is 26.0 Å². The second-order valence-corrected chi connectivity index (χ2v) is 3.15. The Morgan fingerprint density at radius 1 is 1.47 bits per heavy atom. The number of pyridine rings is 1. The van der Waals surface area contributed by atoms with Gasteiger partial charge in [0.05, 0.1) is 0 Å². The molecule has 0 saturated carbocycles. The predicted molar refractivity (Wildman–Crippen MR) is 66.5 cm³/mol. The van der Waals surface area contributed by atoms with E-state index in [1.165, 1.54) is 11.3 Å². The first-order valence-corrected chi connectivity index (χ1v) is 5.47. The monoisotopic (exact) mass is 206 g/mol. The second kappa shape index (κ2) is 8.04. The summed E-state index contributed by atoms with van der Waals surface area (Å²) in [4.78, 5) is 6.28. The first-order chi connectivity index (χ1) is 7.24. The van der Waals surface area contributed by atoms with Gasteiger partial charge in [0.25, 0.3) is 0 Å². The summed E-state index contributed by atoms with van der Waals surface area (Å²) in [6.45, 7) is 9.08. The Hall–Kier alpha value is -1.31. The van der Waals surface area contributed by atoms with Gasteiger partial charge in [-0.3, -0.25) is 4.98 Å². The van der Waals surface area contributed by atoms with E-state index in [1.807, 2.05) is 26.1 Å². The fourth-order valence-electron chi connectivity index (χ4n) is 1.11. The number of aromatic nitrogens is 1. The van der Waals surface area contributed by atoms with Gasteiger partial charge < -0.3 is 4.90 Å². The standard InChI is InChI=1S/C11H16N2.C2H6/c1-4-10(2)13(3)9-11-6-5-7-12-8-11;1-2/h4-8H,9H2,1-3H3;1-2H3/b10-4+;. The molecule has 0 amide bonds. The number of rotatable bonds is 3. The maximum atomic E-state index is 4.08. The molecule has 0 aromatic carbocycles. The van der Waals surface area contributed by atoms with Gasteiger partial charge in [0.1, 0.15) is 0 Å². The third-order valence-corrected chi connectivity index (χ3v) is 2.16. The highest BCUT2D eigenvalue weighted by molar-refractivity contribution is 5.09. The number of allylic oxidation sites excluding steroid dienone is 2. The van der Waals surface area contributed by atoms with Crippen LogP contribution in [0.25, 0.3) is 0 Å². The Balaban J connectivity index is 0.000000921. The zero-order valence-electron chi connectivity index (χ0n) is 10.5. The number of nitrogens with zero attached hydrogens (tertiary/aromatic N) is 2. The summed E-state index contributed by atoms with van der Waals surface area (Å²) in [6.07, 6.45) is 5.81. The van der Waals surface area contributed by atoms with Crippen LogP contribution < -0.4 is 0 Å². The lowest BCUT2D eigenvalue weighted by Crippen LogP contribution is -2.15. The molecule has 2 nitrogen and oxygen atoms in total. The fourth-order valence-corrected chi connectivity index (χ4v) is 1.11. The van der Waals surface area contributed by atoms with Gasteiger partial charge in [-0.15, -0.1) is 0 Å². The molecule has 1 aromatic heterocycles. The van der Waals surface area contributed by atoms with Crippen molar-refractivity contribution < 1.29 is 0 Å². The summed E-state index contributed by atoms with van der Waals surface area (Å²) in [5.41, 5.74) is 2.52. The minimum Gasteiger partial charge on any atom is -0.374 e. The van der Waals surface area contributed by atoms with E-state index < -0.39 is 0 Å². The van der Waals surface area contributed by atoms with Crippen LogP contribution in [0.15, 0.2) is 36.3 Å². The van der Waals surface area contributed by atoms with Crippen molar-refractivity contribution in [2.24, 2.45) is 0 Å². The highest BCUT2D eigenvalue weighted by atomic mass is 15.1. The molecule has 2 heteroatoms. The molecule has 0 aliphatic rings. The summed E-state index contributed by atoms with van der Waals surface area (Å²) in [6, 6.07) is 4.06. The van der Waals surface area contributed by atoms with E-state index >= 15 is 0 Å². The lowest BCUT2D eigenvalue weighted by Gasteiger charge is -2.19. The molecular weight excluding hydrogens is 184 g/mol. The van der Waals surface area contributed by atoms with E-state index in [0.29, 0.717) is 0 Å². The minimum atomic E-state index is 0.921. The van der Waals surface area contributed by atoms with Crippen LogP contribution in [0, 0.1) is 0 Å². The Kier molecular flexibility index (Phi) is 7.33. The highest BCUT2D eigenvalue weighted by Crippen LogP contribution is 2.06. The van der Waals surface area contributed by atoms with E-state index in [-0.39, 0.29) is 0 Å². The summed E-state index contributed by atoms with van der Waals surface area (Å²) < 4.78 is 0. The summed E-state index contributed by atoms with van der Waals surface area (Å²) >= 11 is 0. The minimum absolute atomic E-state index is 0.921. The van der Waals surface area contributed by atoms with Gasteiger partial charge in [0.2, 0.25) is 0 Å². The predicted octanol–water partition coefficient (Wildman–Crippen LogP) is 3.46. The van der Waals surface area contributed by atoms with Crippen molar-refractivity contribution in [2.45, 2.75) is 34.2 Å². The van der Waals surface area contributed by atoms with Gasteiger partial charge in [0, 0.05) is 31.7 Å². The maximum Gasteiger partial charge on any atom is 0.0438 e. The van der Waals surface area contributed by atoms with E-state index in [2.05, 4.69) is 42.9 Å². The molecule has 0 unspecified atom stereocenters.